The molecule has 2 atom stereocenters. The van der Waals surface area contributed by atoms with Crippen molar-refractivity contribution >= 4 is 34.6 Å². The molecule has 0 unspecified atom stereocenters. The van der Waals surface area contributed by atoms with E-state index in [1.165, 1.54) is 48.5 Å². The molecule has 0 saturated heterocycles. The summed E-state index contributed by atoms with van der Waals surface area (Å²) in [6.45, 7) is 7.76. The molecule has 0 aromatic heterocycles. The minimum atomic E-state index is -0.513. The number of hydrogen-bond donors (Lipinski definition) is 0. The topological polar surface area (TPSA) is 127 Å². The molecule has 38 heavy (non-hydrogen) atoms. The lowest BCUT2D eigenvalue weighted by Gasteiger charge is -2.31. The van der Waals surface area contributed by atoms with Crippen LogP contribution in [0.15, 0.2) is 72.8 Å². The maximum absolute atomic E-state index is 13.4. The monoisotopic (exact) mass is 518 g/mol. The highest BCUT2D eigenvalue weighted by atomic mass is 16.6. The molecule has 0 heterocycles. The normalized spacial score (nSPS) is 12.3. The van der Waals surface area contributed by atoms with Gasteiger partial charge in [-0.2, -0.15) is 0 Å². The number of benzene rings is 3. The summed E-state index contributed by atoms with van der Waals surface area (Å²) in [5.41, 5.74) is 1.72. The number of carbonyl (C=O) groups is 2. The Balaban J connectivity index is 1.94. The summed E-state index contributed by atoms with van der Waals surface area (Å²) in [6, 6.07) is 17.7. The molecule has 198 valence electrons. The number of nitro groups is 2. The summed E-state index contributed by atoms with van der Waals surface area (Å²) in [6.07, 6.45) is 1.36. The number of anilines is 2. The van der Waals surface area contributed by atoms with E-state index in [4.69, 9.17) is 0 Å². The minimum Gasteiger partial charge on any atom is -0.306 e. The van der Waals surface area contributed by atoms with Crippen LogP contribution in [0.25, 0.3) is 0 Å². The standard InChI is InChI=1S/C28H30N4O6/c1-5-19(3)29(27(33)21-7-11-25(12-8-21)31(35)36)23-15-17-24(18-16-23)30(20(4)6-2)28(34)22-9-13-26(14-10-22)32(37)38/h7-20H,5-6H2,1-4H3/t19-,20-/m0/s1. The van der Waals surface area contributed by atoms with Gasteiger partial charge in [0.05, 0.1) is 9.85 Å². The lowest BCUT2D eigenvalue weighted by atomic mass is 10.1. The molecule has 2 amide bonds. The molecular formula is C28H30N4O6. The van der Waals surface area contributed by atoms with Crippen LogP contribution in [0.3, 0.4) is 0 Å². The third-order valence-corrected chi connectivity index (χ3v) is 6.56. The van der Waals surface area contributed by atoms with Crippen molar-refractivity contribution in [3.8, 4) is 0 Å². The first kappa shape index (κ1) is 28.0. The average Bonchev–Trinajstić information content (AvgIpc) is 2.93. The van der Waals surface area contributed by atoms with Gasteiger partial charge in [0.25, 0.3) is 23.2 Å². The van der Waals surface area contributed by atoms with Crippen molar-refractivity contribution < 1.29 is 19.4 Å². The third-order valence-electron chi connectivity index (χ3n) is 6.56. The van der Waals surface area contributed by atoms with Gasteiger partial charge in [0.2, 0.25) is 0 Å². The Morgan fingerprint density at radius 2 is 0.921 bits per heavy atom. The van der Waals surface area contributed by atoms with Gasteiger partial charge in [-0.1, -0.05) is 13.8 Å². The highest BCUT2D eigenvalue weighted by Gasteiger charge is 2.26. The summed E-state index contributed by atoms with van der Waals surface area (Å²) in [5, 5.41) is 22.0. The highest BCUT2D eigenvalue weighted by Crippen LogP contribution is 2.28. The number of rotatable bonds is 10. The van der Waals surface area contributed by atoms with E-state index in [-0.39, 0.29) is 35.3 Å². The van der Waals surface area contributed by atoms with Crippen molar-refractivity contribution in [2.24, 2.45) is 0 Å². The second kappa shape index (κ2) is 12.1. The zero-order valence-corrected chi connectivity index (χ0v) is 21.7. The molecule has 0 spiro atoms. The van der Waals surface area contributed by atoms with Crippen molar-refractivity contribution in [3.63, 3.8) is 0 Å². The van der Waals surface area contributed by atoms with E-state index >= 15 is 0 Å². The molecule has 0 N–H and O–H groups in total. The van der Waals surface area contributed by atoms with Crippen LogP contribution in [0.1, 0.15) is 61.3 Å². The van der Waals surface area contributed by atoms with Crippen LogP contribution in [0.2, 0.25) is 0 Å². The first-order valence-corrected chi connectivity index (χ1v) is 12.3. The van der Waals surface area contributed by atoms with Gasteiger partial charge in [-0.25, -0.2) is 0 Å². The van der Waals surface area contributed by atoms with Crippen LogP contribution in [-0.4, -0.2) is 33.7 Å². The second-order valence-electron chi connectivity index (χ2n) is 8.99. The van der Waals surface area contributed by atoms with Crippen LogP contribution in [-0.2, 0) is 0 Å². The molecule has 0 fully saturated rings. The van der Waals surface area contributed by atoms with Gasteiger partial charge < -0.3 is 9.80 Å². The van der Waals surface area contributed by atoms with E-state index in [1.54, 1.807) is 34.1 Å². The van der Waals surface area contributed by atoms with E-state index in [1.807, 2.05) is 27.7 Å². The van der Waals surface area contributed by atoms with E-state index in [0.717, 1.165) is 0 Å². The van der Waals surface area contributed by atoms with Gasteiger partial charge in [-0.3, -0.25) is 29.8 Å². The molecular weight excluding hydrogens is 488 g/mol. The molecule has 0 saturated carbocycles. The quantitative estimate of drug-likeness (QED) is 0.226. The lowest BCUT2D eigenvalue weighted by molar-refractivity contribution is -0.385. The van der Waals surface area contributed by atoms with E-state index < -0.39 is 9.85 Å². The Kier molecular flexibility index (Phi) is 8.90. The van der Waals surface area contributed by atoms with Crippen LogP contribution < -0.4 is 9.80 Å². The fourth-order valence-corrected chi connectivity index (χ4v) is 4.01. The Morgan fingerprint density at radius 3 is 1.16 bits per heavy atom. The van der Waals surface area contributed by atoms with Crippen molar-refractivity contribution in [2.75, 3.05) is 9.80 Å². The van der Waals surface area contributed by atoms with Crippen LogP contribution in [0.4, 0.5) is 22.7 Å². The van der Waals surface area contributed by atoms with E-state index in [0.29, 0.717) is 35.3 Å². The fourth-order valence-electron chi connectivity index (χ4n) is 4.01. The van der Waals surface area contributed by atoms with Gasteiger partial charge in [0, 0.05) is 58.9 Å². The maximum atomic E-state index is 13.4. The Labute approximate surface area is 220 Å². The number of hydrogen-bond acceptors (Lipinski definition) is 6. The highest BCUT2D eigenvalue weighted by molar-refractivity contribution is 6.08. The van der Waals surface area contributed by atoms with Crippen LogP contribution in [0, 0.1) is 20.2 Å². The Bertz CT molecular complexity index is 1200. The molecule has 0 aliphatic carbocycles. The number of amides is 2. The van der Waals surface area contributed by atoms with Gasteiger partial charge in [0.15, 0.2) is 0 Å². The lowest BCUT2D eigenvalue weighted by Crippen LogP contribution is -2.39. The third kappa shape index (κ3) is 6.03. The summed E-state index contributed by atoms with van der Waals surface area (Å²) in [7, 11) is 0. The number of carbonyl (C=O) groups excluding carboxylic acids is 2. The molecule has 0 radical (unpaired) electrons. The van der Waals surface area contributed by atoms with Gasteiger partial charge in [-0.15, -0.1) is 0 Å². The smallest absolute Gasteiger partial charge is 0.269 e. The average molecular weight is 519 g/mol. The molecule has 3 aromatic carbocycles. The first-order valence-electron chi connectivity index (χ1n) is 12.3. The summed E-state index contributed by atoms with van der Waals surface area (Å²) in [5.74, 6) is -0.578. The SMILES string of the molecule is CC[C@H](C)N(C(=O)c1ccc([N+](=O)[O-])cc1)c1ccc(N(C(=O)c2ccc([N+](=O)[O-])cc2)[C@@H](C)CC)cc1. The zero-order valence-electron chi connectivity index (χ0n) is 21.7. The van der Waals surface area contributed by atoms with Crippen molar-refractivity contribution in [3.05, 3.63) is 104 Å². The van der Waals surface area contributed by atoms with Gasteiger partial charge in [-0.05, 0) is 75.2 Å². The largest absolute Gasteiger partial charge is 0.306 e. The van der Waals surface area contributed by atoms with Crippen molar-refractivity contribution in [2.45, 2.75) is 52.6 Å². The van der Waals surface area contributed by atoms with Crippen molar-refractivity contribution in [1.82, 2.24) is 0 Å². The molecule has 10 nitrogen and oxygen atoms in total. The number of non-ortho nitro benzene ring substituents is 2. The zero-order chi connectivity index (χ0) is 28.0. The number of nitrogens with zero attached hydrogens (tertiary/aromatic N) is 4. The van der Waals surface area contributed by atoms with Crippen LogP contribution in [0.5, 0.6) is 0 Å². The maximum Gasteiger partial charge on any atom is 0.269 e. The van der Waals surface area contributed by atoms with Gasteiger partial charge >= 0.3 is 0 Å². The Morgan fingerprint density at radius 1 is 0.632 bits per heavy atom. The van der Waals surface area contributed by atoms with Crippen LogP contribution >= 0.6 is 0 Å². The van der Waals surface area contributed by atoms with E-state index in [9.17, 15) is 29.8 Å². The molecule has 0 aliphatic rings. The van der Waals surface area contributed by atoms with E-state index in [2.05, 4.69) is 0 Å². The van der Waals surface area contributed by atoms with Crippen molar-refractivity contribution in [1.29, 1.82) is 0 Å². The summed E-state index contributed by atoms with van der Waals surface area (Å²) < 4.78 is 0. The van der Waals surface area contributed by atoms with Gasteiger partial charge in [0.1, 0.15) is 0 Å². The number of nitro benzene ring substituents is 2. The summed E-state index contributed by atoms with van der Waals surface area (Å²) >= 11 is 0. The first-order chi connectivity index (χ1) is 18.1. The molecule has 10 heteroatoms. The molecule has 0 aliphatic heterocycles. The fraction of sp³-hybridized carbons (Fsp3) is 0.286. The molecule has 3 rings (SSSR count). The summed E-state index contributed by atoms with van der Waals surface area (Å²) in [4.78, 5) is 51.0. The molecule has 3 aromatic rings. The predicted octanol–water partition coefficient (Wildman–Crippen LogP) is 6.39. The second-order valence-corrected chi connectivity index (χ2v) is 8.99. The molecule has 0 bridgehead atoms. The minimum absolute atomic E-state index is 0.0937. The predicted molar refractivity (Wildman–Crippen MR) is 146 cm³/mol. The Hall–Kier alpha value is -4.60.